The van der Waals surface area contributed by atoms with Gasteiger partial charge < -0.3 is 5.73 Å². The van der Waals surface area contributed by atoms with Crippen LogP contribution in [0.1, 0.15) is 11.3 Å². The highest BCUT2D eigenvalue weighted by atomic mass is 15.1. The fraction of sp³-hybridized carbons (Fsp3) is 0.0909. The zero-order valence-electron chi connectivity index (χ0n) is 8.31. The predicted molar refractivity (Wildman–Crippen MR) is 57.4 cm³/mol. The number of rotatable bonds is 1. The summed E-state index contributed by atoms with van der Waals surface area (Å²) in [6, 6.07) is 9.85. The van der Waals surface area contributed by atoms with Crippen LogP contribution in [0, 0.1) is 18.3 Å². The summed E-state index contributed by atoms with van der Waals surface area (Å²) in [5, 5.41) is 8.91. The van der Waals surface area contributed by atoms with Crippen molar-refractivity contribution in [2.24, 2.45) is 0 Å². The molecule has 2 N–H and O–H groups in total. The van der Waals surface area contributed by atoms with Gasteiger partial charge in [0.05, 0.1) is 0 Å². The van der Waals surface area contributed by atoms with Crippen molar-refractivity contribution in [3.05, 3.63) is 41.9 Å². The lowest BCUT2D eigenvalue weighted by atomic mass is 10.2. The Hall–Kier alpha value is -2.28. The molecule has 15 heavy (non-hydrogen) atoms. The Balaban J connectivity index is 2.55. The molecule has 0 aliphatic heterocycles. The van der Waals surface area contributed by atoms with E-state index in [9.17, 15) is 0 Å². The quantitative estimate of drug-likeness (QED) is 0.757. The summed E-state index contributed by atoms with van der Waals surface area (Å²) >= 11 is 0. The molecule has 2 rings (SSSR count). The first-order valence-electron chi connectivity index (χ1n) is 4.52. The van der Waals surface area contributed by atoms with Gasteiger partial charge >= 0.3 is 0 Å². The maximum atomic E-state index is 8.91. The van der Waals surface area contributed by atoms with Crippen molar-refractivity contribution < 1.29 is 0 Å². The Morgan fingerprint density at radius 3 is 2.60 bits per heavy atom. The lowest BCUT2D eigenvalue weighted by Crippen LogP contribution is -1.97. The molecule has 0 atom stereocenters. The van der Waals surface area contributed by atoms with Crippen LogP contribution < -0.4 is 5.73 Å². The summed E-state index contributed by atoms with van der Waals surface area (Å²) in [7, 11) is 0. The third-order valence-corrected chi connectivity index (χ3v) is 2.21. The lowest BCUT2D eigenvalue weighted by Gasteiger charge is -2.03. The largest absolute Gasteiger partial charge is 0.381 e. The molecule has 0 aliphatic rings. The minimum atomic E-state index is 0.262. The van der Waals surface area contributed by atoms with Crippen molar-refractivity contribution in [3.8, 4) is 11.8 Å². The van der Waals surface area contributed by atoms with Gasteiger partial charge in [-0.2, -0.15) is 5.26 Å². The molecule has 0 fully saturated rings. The predicted octanol–water partition coefficient (Wildman–Crippen LogP) is 1.63. The van der Waals surface area contributed by atoms with E-state index in [2.05, 4.69) is 4.98 Å². The lowest BCUT2D eigenvalue weighted by molar-refractivity contribution is 1.03. The Morgan fingerprint density at radius 2 is 2.00 bits per heavy atom. The summed E-state index contributed by atoms with van der Waals surface area (Å²) in [5.41, 5.74) is 8.00. The van der Waals surface area contributed by atoms with E-state index in [0.29, 0.717) is 5.69 Å². The monoisotopic (exact) mass is 198 g/mol. The van der Waals surface area contributed by atoms with Crippen LogP contribution in [-0.4, -0.2) is 9.55 Å². The van der Waals surface area contributed by atoms with E-state index < -0.39 is 0 Å². The second-order valence-corrected chi connectivity index (χ2v) is 3.30. The molecule has 0 radical (unpaired) electrons. The van der Waals surface area contributed by atoms with Crippen LogP contribution in [0.15, 0.2) is 30.6 Å². The normalized spacial score (nSPS) is 9.87. The molecule has 4 heteroatoms. The topological polar surface area (TPSA) is 67.6 Å². The summed E-state index contributed by atoms with van der Waals surface area (Å²) < 4.78 is 1.68. The van der Waals surface area contributed by atoms with E-state index in [1.807, 2.05) is 37.3 Å². The van der Waals surface area contributed by atoms with Crippen molar-refractivity contribution in [1.82, 2.24) is 9.55 Å². The molecule has 0 spiro atoms. The standard InChI is InChI=1S/C11H10N4/c1-8-2-4-9(5-3-8)15-7-14-11(13)10(15)6-12/h2-5,7H,13H2,1H3. The Morgan fingerprint density at radius 1 is 1.33 bits per heavy atom. The van der Waals surface area contributed by atoms with Gasteiger partial charge in [0, 0.05) is 5.69 Å². The average molecular weight is 198 g/mol. The van der Waals surface area contributed by atoms with Crippen molar-refractivity contribution in [2.75, 3.05) is 5.73 Å². The van der Waals surface area contributed by atoms with Gasteiger partial charge in [-0.25, -0.2) is 4.98 Å². The molecule has 1 heterocycles. The van der Waals surface area contributed by atoms with E-state index in [-0.39, 0.29) is 5.82 Å². The summed E-state index contributed by atoms with van der Waals surface area (Å²) in [5.74, 6) is 0.262. The molecule has 1 aromatic carbocycles. The maximum absolute atomic E-state index is 8.91. The van der Waals surface area contributed by atoms with Crippen LogP contribution in [0.2, 0.25) is 0 Å². The number of aromatic nitrogens is 2. The third kappa shape index (κ3) is 1.55. The van der Waals surface area contributed by atoms with Gasteiger partial charge in [0.1, 0.15) is 12.4 Å². The van der Waals surface area contributed by atoms with Crippen LogP contribution >= 0.6 is 0 Å². The highest BCUT2D eigenvalue weighted by Gasteiger charge is 2.08. The second-order valence-electron chi connectivity index (χ2n) is 3.30. The first-order chi connectivity index (χ1) is 7.22. The molecule has 1 aromatic heterocycles. The van der Waals surface area contributed by atoms with E-state index in [4.69, 9.17) is 11.0 Å². The molecule has 0 saturated carbocycles. The van der Waals surface area contributed by atoms with Gasteiger partial charge in [0.25, 0.3) is 0 Å². The van der Waals surface area contributed by atoms with Gasteiger partial charge in [-0.1, -0.05) is 17.7 Å². The maximum Gasteiger partial charge on any atom is 0.168 e. The highest BCUT2D eigenvalue weighted by molar-refractivity contribution is 5.49. The van der Waals surface area contributed by atoms with Crippen molar-refractivity contribution >= 4 is 5.82 Å². The summed E-state index contributed by atoms with van der Waals surface area (Å²) in [4.78, 5) is 3.90. The molecule has 4 nitrogen and oxygen atoms in total. The van der Waals surface area contributed by atoms with Gasteiger partial charge in [0.2, 0.25) is 0 Å². The fourth-order valence-corrected chi connectivity index (χ4v) is 1.37. The van der Waals surface area contributed by atoms with Crippen LogP contribution in [0.25, 0.3) is 5.69 Å². The number of nitrogens with two attached hydrogens (primary N) is 1. The molecule has 0 amide bonds. The molecule has 74 valence electrons. The van der Waals surface area contributed by atoms with Crippen molar-refractivity contribution in [2.45, 2.75) is 6.92 Å². The molecule has 0 saturated heterocycles. The number of benzene rings is 1. The van der Waals surface area contributed by atoms with E-state index >= 15 is 0 Å². The van der Waals surface area contributed by atoms with Gasteiger partial charge in [-0.3, -0.25) is 4.57 Å². The van der Waals surface area contributed by atoms with Crippen molar-refractivity contribution in [1.29, 1.82) is 5.26 Å². The summed E-state index contributed by atoms with van der Waals surface area (Å²) in [6.07, 6.45) is 1.55. The smallest absolute Gasteiger partial charge is 0.168 e. The van der Waals surface area contributed by atoms with Gasteiger partial charge in [-0.05, 0) is 19.1 Å². The Bertz CT molecular complexity index is 517. The van der Waals surface area contributed by atoms with E-state index in [0.717, 1.165) is 5.69 Å². The van der Waals surface area contributed by atoms with E-state index in [1.165, 1.54) is 5.56 Å². The Kier molecular flexibility index (Phi) is 2.14. The van der Waals surface area contributed by atoms with Gasteiger partial charge in [0.15, 0.2) is 11.5 Å². The number of imidazole rings is 1. The van der Waals surface area contributed by atoms with Crippen molar-refractivity contribution in [3.63, 3.8) is 0 Å². The number of nitrogen functional groups attached to an aromatic ring is 1. The highest BCUT2D eigenvalue weighted by Crippen LogP contribution is 2.15. The van der Waals surface area contributed by atoms with Crippen LogP contribution in [0.5, 0.6) is 0 Å². The Labute approximate surface area is 87.6 Å². The number of aryl methyl sites for hydroxylation is 1. The van der Waals surface area contributed by atoms with E-state index in [1.54, 1.807) is 10.9 Å². The first kappa shape index (κ1) is 9.28. The zero-order chi connectivity index (χ0) is 10.8. The van der Waals surface area contributed by atoms with Gasteiger partial charge in [-0.15, -0.1) is 0 Å². The number of anilines is 1. The molecule has 0 bridgehead atoms. The zero-order valence-corrected chi connectivity index (χ0v) is 8.31. The minimum Gasteiger partial charge on any atom is -0.381 e. The number of nitriles is 1. The van der Waals surface area contributed by atoms with Crippen LogP contribution in [0.3, 0.4) is 0 Å². The van der Waals surface area contributed by atoms with Crippen LogP contribution in [0.4, 0.5) is 5.82 Å². The molecular weight excluding hydrogens is 188 g/mol. The second kappa shape index (κ2) is 3.46. The SMILES string of the molecule is Cc1ccc(-n2cnc(N)c2C#N)cc1. The molecule has 0 aliphatic carbocycles. The average Bonchev–Trinajstić information content (AvgIpc) is 2.61. The number of hydrogen-bond acceptors (Lipinski definition) is 3. The summed E-state index contributed by atoms with van der Waals surface area (Å²) in [6.45, 7) is 2.01. The number of nitrogens with zero attached hydrogens (tertiary/aromatic N) is 3. The number of hydrogen-bond donors (Lipinski definition) is 1. The molecule has 2 aromatic rings. The fourth-order valence-electron chi connectivity index (χ4n) is 1.37. The van der Waals surface area contributed by atoms with Crippen LogP contribution in [-0.2, 0) is 0 Å². The third-order valence-electron chi connectivity index (χ3n) is 2.21. The molecular formula is C11H10N4. The first-order valence-corrected chi connectivity index (χ1v) is 4.52. The molecule has 0 unspecified atom stereocenters. The minimum absolute atomic E-state index is 0.262.